The molecule has 7 heteroatoms. The minimum Gasteiger partial charge on any atom is -0.496 e. The maximum absolute atomic E-state index is 12.8. The van der Waals surface area contributed by atoms with Crippen molar-refractivity contribution < 1.29 is 4.74 Å². The summed E-state index contributed by atoms with van der Waals surface area (Å²) in [5.41, 5.74) is 1.40. The predicted octanol–water partition coefficient (Wildman–Crippen LogP) is 3.18. The molecule has 6 nitrogen and oxygen atoms in total. The normalized spacial score (nSPS) is 11.8. The third-order valence-electron chi connectivity index (χ3n) is 3.97. The average molecular weight is 369 g/mol. The molecule has 1 N–H and O–H groups in total. The lowest BCUT2D eigenvalue weighted by Gasteiger charge is -2.18. The Hall–Kier alpha value is -3.04. The number of nitrogens with zero attached hydrogens (tertiary/aromatic N) is 3. The van der Waals surface area contributed by atoms with Gasteiger partial charge >= 0.3 is 5.69 Å². The van der Waals surface area contributed by atoms with Crippen molar-refractivity contribution in [3.63, 3.8) is 0 Å². The third-order valence-corrected chi connectivity index (χ3v) is 4.18. The van der Waals surface area contributed by atoms with Gasteiger partial charge in [0.25, 0.3) is 0 Å². The zero-order valence-electron chi connectivity index (χ0n) is 14.6. The SMILES string of the molecule is C#CC(C)Nc1nc(=O)n(-c2cccnc2C)c2cc(Cl)cc(OC)c12. The molecule has 1 atom stereocenters. The zero-order valence-corrected chi connectivity index (χ0v) is 15.3. The molecule has 0 saturated carbocycles. The summed E-state index contributed by atoms with van der Waals surface area (Å²) in [6.07, 6.45) is 7.12. The minimum absolute atomic E-state index is 0.318. The number of pyridine rings is 1. The van der Waals surface area contributed by atoms with Crippen LogP contribution in [0.4, 0.5) is 5.82 Å². The van der Waals surface area contributed by atoms with E-state index in [4.69, 9.17) is 22.8 Å². The number of hydrogen-bond acceptors (Lipinski definition) is 5. The number of fused-ring (bicyclic) bond motifs is 1. The van der Waals surface area contributed by atoms with Crippen LogP contribution in [0.15, 0.2) is 35.3 Å². The highest BCUT2D eigenvalue weighted by Gasteiger charge is 2.19. The Kier molecular flexibility index (Phi) is 4.83. The van der Waals surface area contributed by atoms with E-state index in [-0.39, 0.29) is 6.04 Å². The van der Waals surface area contributed by atoms with Gasteiger partial charge < -0.3 is 10.1 Å². The van der Waals surface area contributed by atoms with Crippen LogP contribution in [0.1, 0.15) is 12.6 Å². The Morgan fingerprint density at radius 2 is 2.19 bits per heavy atom. The van der Waals surface area contributed by atoms with Crippen LogP contribution in [0.3, 0.4) is 0 Å². The Morgan fingerprint density at radius 1 is 1.42 bits per heavy atom. The van der Waals surface area contributed by atoms with Crippen molar-refractivity contribution in [1.29, 1.82) is 0 Å². The molecule has 0 amide bonds. The monoisotopic (exact) mass is 368 g/mol. The van der Waals surface area contributed by atoms with Crippen LogP contribution in [0.5, 0.6) is 5.75 Å². The van der Waals surface area contributed by atoms with E-state index >= 15 is 0 Å². The van der Waals surface area contributed by atoms with Crippen molar-refractivity contribution >= 4 is 28.3 Å². The van der Waals surface area contributed by atoms with E-state index in [0.29, 0.717) is 38.9 Å². The quantitative estimate of drug-likeness (QED) is 0.716. The predicted molar refractivity (Wildman–Crippen MR) is 103 cm³/mol. The highest BCUT2D eigenvalue weighted by atomic mass is 35.5. The fraction of sp³-hybridized carbons (Fsp3) is 0.211. The van der Waals surface area contributed by atoms with E-state index in [1.807, 2.05) is 6.92 Å². The lowest BCUT2D eigenvalue weighted by atomic mass is 10.1. The fourth-order valence-electron chi connectivity index (χ4n) is 2.74. The molecule has 3 rings (SSSR count). The van der Waals surface area contributed by atoms with Gasteiger partial charge in [0.2, 0.25) is 0 Å². The van der Waals surface area contributed by atoms with Crippen LogP contribution >= 0.6 is 11.6 Å². The summed E-state index contributed by atoms with van der Waals surface area (Å²) >= 11 is 6.26. The van der Waals surface area contributed by atoms with Gasteiger partial charge in [0, 0.05) is 11.2 Å². The number of aromatic nitrogens is 3. The number of benzene rings is 1. The molecule has 1 aromatic carbocycles. The summed E-state index contributed by atoms with van der Waals surface area (Å²) in [5.74, 6) is 3.40. The molecule has 132 valence electrons. The number of nitrogens with one attached hydrogen (secondary N) is 1. The molecule has 0 fully saturated rings. The van der Waals surface area contributed by atoms with Crippen molar-refractivity contribution in [1.82, 2.24) is 14.5 Å². The molecule has 0 aliphatic carbocycles. The summed E-state index contributed by atoms with van der Waals surface area (Å²) in [6.45, 7) is 3.62. The largest absolute Gasteiger partial charge is 0.496 e. The second-order valence-electron chi connectivity index (χ2n) is 5.72. The van der Waals surface area contributed by atoms with Crippen molar-refractivity contribution in [2.75, 3.05) is 12.4 Å². The summed E-state index contributed by atoms with van der Waals surface area (Å²) < 4.78 is 6.95. The molecule has 0 bridgehead atoms. The molecule has 0 saturated heterocycles. The molecule has 1 unspecified atom stereocenters. The first-order valence-corrected chi connectivity index (χ1v) is 8.29. The zero-order chi connectivity index (χ0) is 18.8. The van der Waals surface area contributed by atoms with E-state index in [1.165, 1.54) is 11.7 Å². The van der Waals surface area contributed by atoms with Gasteiger partial charge in [0.15, 0.2) is 0 Å². The number of aryl methyl sites for hydroxylation is 1. The molecule has 3 aromatic rings. The van der Waals surface area contributed by atoms with Gasteiger partial charge in [0.1, 0.15) is 11.6 Å². The molecule has 26 heavy (non-hydrogen) atoms. The number of anilines is 1. The first-order valence-electron chi connectivity index (χ1n) is 7.91. The number of methoxy groups -OCH3 is 1. The number of rotatable bonds is 4. The van der Waals surface area contributed by atoms with Crippen molar-refractivity contribution in [2.24, 2.45) is 0 Å². The Morgan fingerprint density at radius 3 is 2.85 bits per heavy atom. The van der Waals surface area contributed by atoms with E-state index in [2.05, 4.69) is 21.2 Å². The molecule has 2 aromatic heterocycles. The van der Waals surface area contributed by atoms with Gasteiger partial charge in [-0.15, -0.1) is 6.42 Å². The average Bonchev–Trinajstić information content (AvgIpc) is 2.61. The highest BCUT2D eigenvalue weighted by Crippen LogP contribution is 2.34. The van der Waals surface area contributed by atoms with Gasteiger partial charge in [-0.3, -0.25) is 9.55 Å². The van der Waals surface area contributed by atoms with Crippen LogP contribution < -0.4 is 15.7 Å². The second kappa shape index (κ2) is 7.06. The van der Waals surface area contributed by atoms with Gasteiger partial charge in [-0.25, -0.2) is 4.79 Å². The van der Waals surface area contributed by atoms with Crippen LogP contribution in [-0.4, -0.2) is 27.7 Å². The van der Waals surface area contributed by atoms with Crippen molar-refractivity contribution in [2.45, 2.75) is 19.9 Å². The topological polar surface area (TPSA) is 69.0 Å². The van der Waals surface area contributed by atoms with Crippen LogP contribution in [0.25, 0.3) is 16.6 Å². The second-order valence-corrected chi connectivity index (χ2v) is 6.16. The molecule has 0 aliphatic rings. The van der Waals surface area contributed by atoms with E-state index in [1.54, 1.807) is 37.4 Å². The smallest absolute Gasteiger partial charge is 0.354 e. The molecule has 0 spiro atoms. The van der Waals surface area contributed by atoms with Crippen LogP contribution in [0.2, 0.25) is 5.02 Å². The lowest BCUT2D eigenvalue weighted by Crippen LogP contribution is -2.26. The van der Waals surface area contributed by atoms with Crippen molar-refractivity contribution in [3.8, 4) is 23.8 Å². The molecule has 0 aliphatic heterocycles. The van der Waals surface area contributed by atoms with Gasteiger partial charge in [-0.05, 0) is 38.1 Å². The number of terminal acetylenes is 1. The standard InChI is InChI=1S/C19H17ClN4O2/c1-5-11(2)22-18-17-15(9-13(20)10-16(17)26-4)24(19(25)23-18)14-7-6-8-21-12(14)3/h1,6-11H,2-4H3,(H,22,23,25). The highest BCUT2D eigenvalue weighted by molar-refractivity contribution is 6.31. The number of hydrogen-bond donors (Lipinski definition) is 1. The summed E-state index contributed by atoms with van der Waals surface area (Å²) in [4.78, 5) is 21.3. The van der Waals surface area contributed by atoms with Gasteiger partial charge in [-0.1, -0.05) is 17.5 Å². The fourth-order valence-corrected chi connectivity index (χ4v) is 2.95. The summed E-state index contributed by atoms with van der Waals surface area (Å²) in [6, 6.07) is 6.61. The van der Waals surface area contributed by atoms with Crippen LogP contribution in [0, 0.1) is 19.3 Å². The van der Waals surface area contributed by atoms with E-state index in [0.717, 1.165) is 0 Å². The first kappa shape index (κ1) is 17.8. The van der Waals surface area contributed by atoms with Crippen LogP contribution in [-0.2, 0) is 0 Å². The summed E-state index contributed by atoms with van der Waals surface area (Å²) in [7, 11) is 1.53. The van der Waals surface area contributed by atoms with Gasteiger partial charge in [0.05, 0.1) is 35.4 Å². The first-order chi connectivity index (χ1) is 12.5. The lowest BCUT2D eigenvalue weighted by molar-refractivity contribution is 0.419. The Labute approximate surface area is 155 Å². The number of halogens is 1. The van der Waals surface area contributed by atoms with Crippen molar-refractivity contribution in [3.05, 3.63) is 51.7 Å². The Bertz CT molecular complexity index is 1090. The molecule has 0 radical (unpaired) electrons. The molecular weight excluding hydrogens is 352 g/mol. The maximum Gasteiger partial charge on any atom is 0.354 e. The van der Waals surface area contributed by atoms with E-state index in [9.17, 15) is 4.79 Å². The number of ether oxygens (including phenoxy) is 1. The van der Waals surface area contributed by atoms with Gasteiger partial charge in [-0.2, -0.15) is 4.98 Å². The minimum atomic E-state index is -0.468. The molecule has 2 heterocycles. The third kappa shape index (κ3) is 3.09. The molecular formula is C19H17ClN4O2. The maximum atomic E-state index is 12.8. The van der Waals surface area contributed by atoms with E-state index < -0.39 is 5.69 Å². The summed E-state index contributed by atoms with van der Waals surface area (Å²) in [5, 5.41) is 4.11. The Balaban J connectivity index is 2.45.